The van der Waals surface area contributed by atoms with E-state index in [9.17, 15) is 13.6 Å². The van der Waals surface area contributed by atoms with Crippen molar-refractivity contribution >= 4 is 23.2 Å². The highest BCUT2D eigenvalue weighted by atomic mass is 35.5. The van der Waals surface area contributed by atoms with Crippen LogP contribution in [0.5, 0.6) is 5.75 Å². The summed E-state index contributed by atoms with van der Waals surface area (Å²) in [4.78, 5) is 12.2. The summed E-state index contributed by atoms with van der Waals surface area (Å²) in [5.41, 5.74) is 1.86. The van der Waals surface area contributed by atoms with Crippen LogP contribution in [-0.4, -0.2) is 22.3 Å². The molecule has 26 heavy (non-hydrogen) atoms. The number of anilines is 1. The van der Waals surface area contributed by atoms with Gasteiger partial charge in [-0.05, 0) is 42.0 Å². The highest BCUT2D eigenvalue weighted by molar-refractivity contribution is 6.30. The van der Waals surface area contributed by atoms with Crippen LogP contribution in [0.3, 0.4) is 0 Å². The summed E-state index contributed by atoms with van der Waals surface area (Å²) in [7, 11) is 0. The third-order valence-corrected chi connectivity index (χ3v) is 3.74. The first-order valence-electron chi connectivity index (χ1n) is 7.63. The first-order valence-corrected chi connectivity index (χ1v) is 8.00. The van der Waals surface area contributed by atoms with Gasteiger partial charge in [0.25, 0.3) is 5.91 Å². The molecule has 8 heteroatoms. The van der Waals surface area contributed by atoms with Crippen molar-refractivity contribution in [3.63, 3.8) is 0 Å². The van der Waals surface area contributed by atoms with Crippen molar-refractivity contribution in [1.82, 2.24) is 9.78 Å². The molecular weight excluding hydrogens is 364 g/mol. The summed E-state index contributed by atoms with van der Waals surface area (Å²) in [6.07, 6.45) is 3.23. The SMILES string of the molecule is O=C(Nc1cnn(Cc2ccc(Cl)cc2)c1)c1ccc(OC(F)F)cc1. The highest BCUT2D eigenvalue weighted by Crippen LogP contribution is 2.16. The second-order valence-electron chi connectivity index (χ2n) is 5.41. The Morgan fingerprint density at radius 3 is 2.50 bits per heavy atom. The Bertz CT molecular complexity index is 880. The quantitative estimate of drug-likeness (QED) is 0.691. The van der Waals surface area contributed by atoms with Gasteiger partial charge in [-0.2, -0.15) is 13.9 Å². The van der Waals surface area contributed by atoms with Gasteiger partial charge >= 0.3 is 6.61 Å². The smallest absolute Gasteiger partial charge is 0.387 e. The third-order valence-electron chi connectivity index (χ3n) is 3.49. The molecule has 5 nitrogen and oxygen atoms in total. The molecule has 3 rings (SSSR count). The Morgan fingerprint density at radius 1 is 1.15 bits per heavy atom. The molecule has 1 N–H and O–H groups in total. The number of hydrogen-bond donors (Lipinski definition) is 1. The van der Waals surface area contributed by atoms with Crippen LogP contribution < -0.4 is 10.1 Å². The fourth-order valence-corrected chi connectivity index (χ4v) is 2.41. The molecule has 3 aromatic rings. The molecule has 2 aromatic carbocycles. The lowest BCUT2D eigenvalue weighted by atomic mass is 10.2. The number of alkyl halides is 2. The largest absolute Gasteiger partial charge is 0.435 e. The lowest BCUT2D eigenvalue weighted by Crippen LogP contribution is -2.11. The molecule has 0 aliphatic carbocycles. The molecule has 1 amide bonds. The van der Waals surface area contributed by atoms with Gasteiger partial charge in [-0.25, -0.2) is 0 Å². The topological polar surface area (TPSA) is 56.2 Å². The molecule has 0 bridgehead atoms. The van der Waals surface area contributed by atoms with E-state index in [2.05, 4.69) is 15.2 Å². The van der Waals surface area contributed by atoms with E-state index in [1.165, 1.54) is 30.5 Å². The highest BCUT2D eigenvalue weighted by Gasteiger charge is 2.09. The van der Waals surface area contributed by atoms with Crippen LogP contribution in [0, 0.1) is 0 Å². The summed E-state index contributed by atoms with van der Waals surface area (Å²) in [6, 6.07) is 12.8. The Kier molecular flexibility index (Phi) is 5.48. The van der Waals surface area contributed by atoms with Gasteiger partial charge in [0.15, 0.2) is 0 Å². The minimum Gasteiger partial charge on any atom is -0.435 e. The first-order chi connectivity index (χ1) is 12.5. The van der Waals surface area contributed by atoms with Crippen LogP contribution in [0.2, 0.25) is 5.02 Å². The summed E-state index contributed by atoms with van der Waals surface area (Å²) in [6.45, 7) is -2.37. The normalized spacial score (nSPS) is 10.8. The van der Waals surface area contributed by atoms with Crippen molar-refractivity contribution < 1.29 is 18.3 Å². The van der Waals surface area contributed by atoms with Crippen molar-refractivity contribution in [3.8, 4) is 5.75 Å². The lowest BCUT2D eigenvalue weighted by Gasteiger charge is -2.06. The van der Waals surface area contributed by atoms with Crippen LogP contribution in [0.1, 0.15) is 15.9 Å². The van der Waals surface area contributed by atoms with Crippen molar-refractivity contribution in [1.29, 1.82) is 0 Å². The molecule has 0 radical (unpaired) electrons. The first kappa shape index (κ1) is 17.9. The van der Waals surface area contributed by atoms with Crippen molar-refractivity contribution in [2.24, 2.45) is 0 Å². The fourth-order valence-electron chi connectivity index (χ4n) is 2.28. The number of nitrogens with one attached hydrogen (secondary N) is 1. The van der Waals surface area contributed by atoms with Gasteiger partial charge in [0.2, 0.25) is 0 Å². The van der Waals surface area contributed by atoms with E-state index in [-0.39, 0.29) is 11.7 Å². The zero-order chi connectivity index (χ0) is 18.5. The monoisotopic (exact) mass is 377 g/mol. The van der Waals surface area contributed by atoms with E-state index in [1.807, 2.05) is 12.1 Å². The van der Waals surface area contributed by atoms with Crippen LogP contribution in [0.25, 0.3) is 0 Å². The maximum atomic E-state index is 12.2. The predicted octanol–water partition coefficient (Wildman–Crippen LogP) is 4.44. The number of carbonyl (C=O) groups excluding carboxylic acids is 1. The molecule has 0 spiro atoms. The number of carbonyl (C=O) groups is 1. The fraction of sp³-hybridized carbons (Fsp3) is 0.111. The third kappa shape index (κ3) is 4.80. The van der Waals surface area contributed by atoms with Crippen LogP contribution in [-0.2, 0) is 6.54 Å². The van der Waals surface area contributed by atoms with E-state index in [1.54, 1.807) is 23.0 Å². The average molecular weight is 378 g/mol. The number of benzene rings is 2. The van der Waals surface area contributed by atoms with Gasteiger partial charge in [-0.15, -0.1) is 0 Å². The standard InChI is InChI=1S/C18H14ClF2N3O2/c19-14-5-1-12(2-6-14)10-24-11-15(9-22-24)23-17(25)13-3-7-16(8-4-13)26-18(20)21/h1-9,11,18H,10H2,(H,23,25). The van der Waals surface area contributed by atoms with E-state index >= 15 is 0 Å². The second kappa shape index (κ2) is 7.97. The molecule has 0 aliphatic heterocycles. The Labute approximate surface area is 153 Å². The molecule has 134 valence electrons. The van der Waals surface area contributed by atoms with E-state index < -0.39 is 6.61 Å². The molecule has 0 fully saturated rings. The van der Waals surface area contributed by atoms with E-state index in [0.29, 0.717) is 22.8 Å². The molecular formula is C18H14ClF2N3O2. The number of nitrogens with zero attached hydrogens (tertiary/aromatic N) is 2. The minimum absolute atomic E-state index is 0.00710. The Morgan fingerprint density at radius 2 is 1.85 bits per heavy atom. The number of aromatic nitrogens is 2. The maximum Gasteiger partial charge on any atom is 0.387 e. The average Bonchev–Trinajstić information content (AvgIpc) is 3.04. The van der Waals surface area contributed by atoms with Crippen molar-refractivity contribution in [2.75, 3.05) is 5.32 Å². The molecule has 0 unspecified atom stereocenters. The van der Waals surface area contributed by atoms with Gasteiger partial charge in [-0.1, -0.05) is 23.7 Å². The predicted molar refractivity (Wildman–Crippen MR) is 93.8 cm³/mol. The van der Waals surface area contributed by atoms with Gasteiger partial charge < -0.3 is 10.1 Å². The van der Waals surface area contributed by atoms with Gasteiger partial charge in [0.1, 0.15) is 5.75 Å². The zero-order valence-corrected chi connectivity index (χ0v) is 14.2. The van der Waals surface area contributed by atoms with Crippen LogP contribution >= 0.6 is 11.6 Å². The summed E-state index contributed by atoms with van der Waals surface area (Å²) in [5.74, 6) is -0.382. The molecule has 1 heterocycles. The van der Waals surface area contributed by atoms with Gasteiger partial charge in [0.05, 0.1) is 18.4 Å². The van der Waals surface area contributed by atoms with Gasteiger partial charge in [0, 0.05) is 16.8 Å². The minimum atomic E-state index is -2.90. The molecule has 0 saturated carbocycles. The Hall–Kier alpha value is -2.93. The number of ether oxygens (including phenoxy) is 1. The van der Waals surface area contributed by atoms with E-state index in [0.717, 1.165) is 5.56 Å². The lowest BCUT2D eigenvalue weighted by molar-refractivity contribution is -0.0498. The van der Waals surface area contributed by atoms with Gasteiger partial charge in [-0.3, -0.25) is 9.48 Å². The van der Waals surface area contributed by atoms with Crippen LogP contribution in [0.15, 0.2) is 60.9 Å². The summed E-state index contributed by atoms with van der Waals surface area (Å²) < 4.78 is 30.2. The summed E-state index contributed by atoms with van der Waals surface area (Å²) in [5, 5.41) is 7.55. The molecule has 1 aromatic heterocycles. The Balaban J connectivity index is 1.61. The number of hydrogen-bond acceptors (Lipinski definition) is 3. The van der Waals surface area contributed by atoms with Crippen molar-refractivity contribution in [2.45, 2.75) is 13.2 Å². The van der Waals surface area contributed by atoms with Crippen LogP contribution in [0.4, 0.5) is 14.5 Å². The maximum absolute atomic E-state index is 12.2. The van der Waals surface area contributed by atoms with Crippen molar-refractivity contribution in [3.05, 3.63) is 77.1 Å². The summed E-state index contributed by atoms with van der Waals surface area (Å²) >= 11 is 5.85. The second-order valence-corrected chi connectivity index (χ2v) is 5.85. The number of rotatable bonds is 6. The molecule has 0 atom stereocenters. The molecule has 0 saturated heterocycles. The zero-order valence-electron chi connectivity index (χ0n) is 13.4. The van der Waals surface area contributed by atoms with E-state index in [4.69, 9.17) is 11.6 Å². The number of amides is 1. The number of halogens is 3. The molecule has 0 aliphatic rings.